The molecule has 0 atom stereocenters. The van der Waals surface area contributed by atoms with Crippen LogP contribution in [0.4, 0.5) is 0 Å². The van der Waals surface area contributed by atoms with E-state index in [9.17, 15) is 0 Å². The van der Waals surface area contributed by atoms with Gasteiger partial charge in [0.2, 0.25) is 0 Å². The topological polar surface area (TPSA) is 15.3 Å². The largest absolute Gasteiger partial charge is 0.312 e. The van der Waals surface area contributed by atoms with Crippen LogP contribution in [0.3, 0.4) is 0 Å². The number of fused-ring (bicyclic) bond motifs is 1. The highest BCUT2D eigenvalue weighted by Crippen LogP contribution is 2.18. The van der Waals surface area contributed by atoms with Crippen molar-refractivity contribution in [3.8, 4) is 0 Å². The summed E-state index contributed by atoms with van der Waals surface area (Å²) in [4.78, 5) is 2.59. The van der Waals surface area contributed by atoms with Gasteiger partial charge in [0, 0.05) is 19.6 Å². The molecule has 2 heteroatoms. The number of hydrogen-bond acceptors (Lipinski definition) is 2. The first-order valence-electron chi connectivity index (χ1n) is 8.30. The van der Waals surface area contributed by atoms with E-state index in [0.29, 0.717) is 0 Å². The first-order valence-corrected chi connectivity index (χ1v) is 8.30. The highest BCUT2D eigenvalue weighted by atomic mass is 15.1. The molecule has 20 heavy (non-hydrogen) atoms. The Hall–Kier alpha value is -0.860. The zero-order chi connectivity index (χ0) is 14.4. The Kier molecular flexibility index (Phi) is 6.06. The van der Waals surface area contributed by atoms with Gasteiger partial charge in [0.1, 0.15) is 0 Å². The summed E-state index contributed by atoms with van der Waals surface area (Å²) < 4.78 is 0. The molecule has 0 radical (unpaired) electrons. The fourth-order valence-corrected chi connectivity index (χ4v) is 3.11. The molecule has 0 spiro atoms. The Morgan fingerprint density at radius 1 is 1.15 bits per heavy atom. The van der Waals surface area contributed by atoms with Gasteiger partial charge in [-0.1, -0.05) is 51.8 Å². The molecule has 1 aliphatic heterocycles. The van der Waals surface area contributed by atoms with E-state index in [2.05, 4.69) is 49.2 Å². The molecular formula is C18H30N2. The lowest BCUT2D eigenvalue weighted by atomic mass is 9.98. The average Bonchev–Trinajstić information content (AvgIpc) is 2.51. The molecule has 1 heterocycles. The lowest BCUT2D eigenvalue weighted by molar-refractivity contribution is 0.226. The van der Waals surface area contributed by atoms with Crippen LogP contribution in [0.25, 0.3) is 0 Å². The van der Waals surface area contributed by atoms with E-state index in [1.54, 1.807) is 0 Å². The van der Waals surface area contributed by atoms with Crippen molar-refractivity contribution in [2.24, 2.45) is 5.92 Å². The monoisotopic (exact) mass is 274 g/mol. The minimum absolute atomic E-state index is 0.842. The second-order valence-corrected chi connectivity index (χ2v) is 6.04. The second kappa shape index (κ2) is 7.80. The van der Waals surface area contributed by atoms with E-state index in [1.165, 1.54) is 42.5 Å². The normalized spacial score (nSPS) is 14.8. The van der Waals surface area contributed by atoms with Crippen LogP contribution >= 0.6 is 0 Å². The zero-order valence-electron chi connectivity index (χ0n) is 13.4. The fraction of sp³-hybridized carbons (Fsp3) is 0.667. The van der Waals surface area contributed by atoms with Gasteiger partial charge in [-0.15, -0.1) is 0 Å². The molecular weight excluding hydrogens is 244 g/mol. The number of hydrogen-bond donors (Lipinski definition) is 1. The predicted molar refractivity (Wildman–Crippen MR) is 86.9 cm³/mol. The maximum Gasteiger partial charge on any atom is 0.0233 e. The number of rotatable bonds is 7. The molecule has 0 saturated heterocycles. The van der Waals surface area contributed by atoms with Crippen molar-refractivity contribution in [1.82, 2.24) is 10.2 Å². The van der Waals surface area contributed by atoms with Crippen LogP contribution in [0.15, 0.2) is 18.2 Å². The number of benzene rings is 1. The van der Waals surface area contributed by atoms with Gasteiger partial charge in [-0.3, -0.25) is 4.90 Å². The summed E-state index contributed by atoms with van der Waals surface area (Å²) in [5.41, 5.74) is 4.52. The summed E-state index contributed by atoms with van der Waals surface area (Å²) in [5.74, 6) is 0.842. The molecule has 0 fully saturated rings. The van der Waals surface area contributed by atoms with Gasteiger partial charge in [-0.2, -0.15) is 0 Å². The number of nitrogens with zero attached hydrogens (tertiary/aromatic N) is 1. The first-order chi connectivity index (χ1) is 9.76. The molecule has 0 amide bonds. The van der Waals surface area contributed by atoms with Gasteiger partial charge >= 0.3 is 0 Å². The third-order valence-corrected chi connectivity index (χ3v) is 4.68. The quantitative estimate of drug-likeness (QED) is 0.817. The second-order valence-electron chi connectivity index (χ2n) is 6.04. The third-order valence-electron chi connectivity index (χ3n) is 4.68. The molecule has 1 aliphatic rings. The summed E-state index contributed by atoms with van der Waals surface area (Å²) in [7, 11) is 0. The van der Waals surface area contributed by atoms with Crippen molar-refractivity contribution in [3.05, 3.63) is 34.9 Å². The van der Waals surface area contributed by atoms with Crippen LogP contribution in [0.5, 0.6) is 0 Å². The molecule has 1 N–H and O–H groups in total. The van der Waals surface area contributed by atoms with Crippen molar-refractivity contribution in [2.75, 3.05) is 19.6 Å². The molecule has 112 valence electrons. The summed E-state index contributed by atoms with van der Waals surface area (Å²) in [6.45, 7) is 12.6. The van der Waals surface area contributed by atoms with Crippen molar-refractivity contribution >= 4 is 0 Å². The van der Waals surface area contributed by atoms with Crippen LogP contribution < -0.4 is 5.32 Å². The average molecular weight is 274 g/mol. The summed E-state index contributed by atoms with van der Waals surface area (Å²) in [5, 5.41) is 3.47. The van der Waals surface area contributed by atoms with Crippen molar-refractivity contribution in [3.63, 3.8) is 0 Å². The summed E-state index contributed by atoms with van der Waals surface area (Å²) >= 11 is 0. The molecule has 2 rings (SSSR count). The van der Waals surface area contributed by atoms with E-state index in [-0.39, 0.29) is 0 Å². The van der Waals surface area contributed by atoms with Gasteiger partial charge in [0.15, 0.2) is 0 Å². The summed E-state index contributed by atoms with van der Waals surface area (Å²) in [6.07, 6.45) is 3.77. The molecule has 0 saturated carbocycles. The fourth-order valence-electron chi connectivity index (χ4n) is 3.11. The Morgan fingerprint density at radius 2 is 1.95 bits per heavy atom. The Balaban J connectivity index is 2.00. The van der Waals surface area contributed by atoms with E-state index in [1.807, 2.05) is 0 Å². The number of nitrogens with one attached hydrogen (secondary N) is 1. The van der Waals surface area contributed by atoms with Gasteiger partial charge in [-0.25, -0.2) is 0 Å². The van der Waals surface area contributed by atoms with E-state index >= 15 is 0 Å². The van der Waals surface area contributed by atoms with Gasteiger partial charge < -0.3 is 5.32 Å². The highest BCUT2D eigenvalue weighted by Gasteiger charge is 2.13. The lowest BCUT2D eigenvalue weighted by Gasteiger charge is -2.26. The first kappa shape index (κ1) is 15.5. The maximum atomic E-state index is 3.47. The predicted octanol–water partition coefficient (Wildman–Crippen LogP) is 3.59. The van der Waals surface area contributed by atoms with Gasteiger partial charge in [-0.05, 0) is 42.1 Å². The molecule has 0 unspecified atom stereocenters. The Labute approximate surface area is 124 Å². The zero-order valence-corrected chi connectivity index (χ0v) is 13.4. The molecule has 1 aromatic carbocycles. The third kappa shape index (κ3) is 4.07. The minimum Gasteiger partial charge on any atom is -0.312 e. The summed E-state index contributed by atoms with van der Waals surface area (Å²) in [6, 6.07) is 7.09. The Bertz CT molecular complexity index is 410. The molecule has 2 nitrogen and oxygen atoms in total. The van der Waals surface area contributed by atoms with E-state index in [4.69, 9.17) is 0 Å². The van der Waals surface area contributed by atoms with Crippen molar-refractivity contribution in [2.45, 2.75) is 53.1 Å². The van der Waals surface area contributed by atoms with Crippen molar-refractivity contribution in [1.29, 1.82) is 0 Å². The molecule has 0 aromatic heterocycles. The molecule has 0 aliphatic carbocycles. The van der Waals surface area contributed by atoms with E-state index in [0.717, 1.165) is 32.1 Å². The SMILES string of the molecule is CCC(CC)CN(CC)Cc1ccc2c(c1)CNCC2. The standard InChI is InChI=1S/C18H30N2/c1-4-15(5-2)13-20(6-3)14-16-7-8-17-9-10-19-12-18(17)11-16/h7-8,11,15,19H,4-6,9-10,12-14H2,1-3H3. The molecule has 1 aromatic rings. The van der Waals surface area contributed by atoms with Crippen LogP contribution in [-0.2, 0) is 19.5 Å². The van der Waals surface area contributed by atoms with Crippen LogP contribution in [0.1, 0.15) is 50.3 Å². The van der Waals surface area contributed by atoms with Gasteiger partial charge in [0.25, 0.3) is 0 Å². The van der Waals surface area contributed by atoms with Gasteiger partial charge in [0.05, 0.1) is 0 Å². The smallest absolute Gasteiger partial charge is 0.0233 e. The maximum absolute atomic E-state index is 3.47. The molecule has 0 bridgehead atoms. The van der Waals surface area contributed by atoms with Crippen LogP contribution in [0, 0.1) is 5.92 Å². The minimum atomic E-state index is 0.842. The van der Waals surface area contributed by atoms with Crippen LogP contribution in [0.2, 0.25) is 0 Å². The lowest BCUT2D eigenvalue weighted by Crippen LogP contribution is -2.29. The van der Waals surface area contributed by atoms with E-state index < -0.39 is 0 Å². The highest BCUT2D eigenvalue weighted by molar-refractivity contribution is 5.33. The van der Waals surface area contributed by atoms with Crippen LogP contribution in [-0.4, -0.2) is 24.5 Å². The van der Waals surface area contributed by atoms with Crippen molar-refractivity contribution < 1.29 is 0 Å². The Morgan fingerprint density at radius 3 is 2.65 bits per heavy atom.